The third-order valence-corrected chi connectivity index (χ3v) is 4.81. The second-order valence-corrected chi connectivity index (χ2v) is 8.70. The number of esters is 1. The first kappa shape index (κ1) is 24.0. The van der Waals surface area contributed by atoms with E-state index in [1.807, 2.05) is 0 Å². The monoisotopic (exact) mass is 397 g/mol. The molecule has 8 heteroatoms. The lowest BCUT2D eigenvalue weighted by molar-refractivity contribution is -0.158. The predicted octanol–water partition coefficient (Wildman–Crippen LogP) is 1.66. The lowest BCUT2D eigenvalue weighted by atomic mass is 9.61. The van der Waals surface area contributed by atoms with Crippen LogP contribution in [0.25, 0.3) is 0 Å². The van der Waals surface area contributed by atoms with Crippen LogP contribution in [0.5, 0.6) is 0 Å². The molecule has 1 aliphatic rings. The number of carbonyl (C=O) groups excluding carboxylic acids is 3. The number of ether oxygens (including phenoxy) is 2. The van der Waals surface area contributed by atoms with Gasteiger partial charge in [0.25, 0.3) is 0 Å². The molecule has 0 saturated carbocycles. The van der Waals surface area contributed by atoms with Crippen molar-refractivity contribution in [2.75, 3.05) is 13.7 Å². The van der Waals surface area contributed by atoms with E-state index in [9.17, 15) is 24.3 Å². The number of ketones is 2. The van der Waals surface area contributed by atoms with Gasteiger partial charge in [0.05, 0.1) is 12.8 Å². The molecule has 158 valence electrons. The molecule has 0 heterocycles. The number of carboxylic acid groups (broad SMARTS) is 1. The van der Waals surface area contributed by atoms with Gasteiger partial charge in [-0.25, -0.2) is 0 Å². The zero-order chi connectivity index (χ0) is 21.9. The molecule has 0 fully saturated rings. The van der Waals surface area contributed by atoms with E-state index in [0.29, 0.717) is 0 Å². The Morgan fingerprint density at radius 3 is 2.25 bits per heavy atom. The summed E-state index contributed by atoms with van der Waals surface area (Å²) >= 11 is 0. The molecular weight excluding hydrogens is 366 g/mol. The molecule has 1 aliphatic carbocycles. The molecule has 0 spiro atoms. The Kier molecular flexibility index (Phi) is 7.30. The summed E-state index contributed by atoms with van der Waals surface area (Å²) in [6, 6.07) is 0. The first-order valence-electron chi connectivity index (χ1n) is 9.16. The predicted molar refractivity (Wildman–Crippen MR) is 102 cm³/mol. The summed E-state index contributed by atoms with van der Waals surface area (Å²) in [5.41, 5.74) is -3.22. The average molecular weight is 397 g/mol. The number of nitrogens with one attached hydrogen (secondary N) is 1. The second kappa shape index (κ2) is 8.53. The summed E-state index contributed by atoms with van der Waals surface area (Å²) in [5, 5.41) is 12.3. The van der Waals surface area contributed by atoms with Gasteiger partial charge in [-0.3, -0.25) is 19.2 Å². The molecule has 1 rings (SSSR count). The Morgan fingerprint density at radius 2 is 1.79 bits per heavy atom. The van der Waals surface area contributed by atoms with Crippen LogP contribution in [0.2, 0.25) is 0 Å². The Labute approximate surface area is 165 Å². The fraction of sp³-hybridized carbons (Fsp3) is 0.700. The van der Waals surface area contributed by atoms with Gasteiger partial charge < -0.3 is 19.9 Å². The van der Waals surface area contributed by atoms with E-state index in [1.165, 1.54) is 20.1 Å². The van der Waals surface area contributed by atoms with Gasteiger partial charge in [0.2, 0.25) is 0 Å². The van der Waals surface area contributed by atoms with Crippen molar-refractivity contribution in [3.63, 3.8) is 0 Å². The van der Waals surface area contributed by atoms with Crippen LogP contribution in [0.4, 0.5) is 0 Å². The van der Waals surface area contributed by atoms with Crippen molar-refractivity contribution in [2.24, 2.45) is 5.41 Å². The van der Waals surface area contributed by atoms with E-state index < -0.39 is 46.2 Å². The van der Waals surface area contributed by atoms with Crippen LogP contribution in [-0.2, 0) is 28.7 Å². The smallest absolute Gasteiger partial charge is 0.307 e. The molecule has 0 amide bonds. The zero-order valence-corrected chi connectivity index (χ0v) is 17.7. The normalized spacial score (nSPS) is 23.4. The topological polar surface area (TPSA) is 119 Å². The highest BCUT2D eigenvalue weighted by Crippen LogP contribution is 2.42. The molecule has 2 atom stereocenters. The van der Waals surface area contributed by atoms with Gasteiger partial charge in [-0.1, -0.05) is 13.8 Å². The number of hydrogen-bond acceptors (Lipinski definition) is 7. The summed E-state index contributed by atoms with van der Waals surface area (Å²) in [7, 11) is 1.30. The minimum Gasteiger partial charge on any atom is -0.481 e. The highest BCUT2D eigenvalue weighted by molar-refractivity contribution is 6.16. The zero-order valence-electron chi connectivity index (χ0n) is 17.7. The molecule has 0 aliphatic heterocycles. The lowest BCUT2D eigenvalue weighted by Crippen LogP contribution is -2.72. The van der Waals surface area contributed by atoms with Crippen LogP contribution >= 0.6 is 0 Å². The Morgan fingerprint density at radius 1 is 1.21 bits per heavy atom. The van der Waals surface area contributed by atoms with Crippen molar-refractivity contribution < 1.29 is 33.8 Å². The number of methoxy groups -OCH3 is 1. The maximum Gasteiger partial charge on any atom is 0.307 e. The van der Waals surface area contributed by atoms with Gasteiger partial charge in [0, 0.05) is 19.1 Å². The SMILES string of the molecule is COC1C(=O)C(C)=CC(=O)C1(NCCC(=O)OC(C)(C)C)C(C)(C)CC(=O)O. The van der Waals surface area contributed by atoms with Gasteiger partial charge in [0.15, 0.2) is 11.6 Å². The molecule has 0 aromatic carbocycles. The van der Waals surface area contributed by atoms with E-state index in [2.05, 4.69) is 5.32 Å². The van der Waals surface area contributed by atoms with E-state index in [0.717, 1.165) is 0 Å². The van der Waals surface area contributed by atoms with Crippen LogP contribution in [0.15, 0.2) is 11.6 Å². The Hall–Kier alpha value is -2.06. The van der Waals surface area contributed by atoms with E-state index in [1.54, 1.807) is 34.6 Å². The molecule has 2 N–H and O–H groups in total. The van der Waals surface area contributed by atoms with Gasteiger partial charge in [-0.2, -0.15) is 0 Å². The number of carboxylic acids is 1. The molecule has 0 saturated heterocycles. The summed E-state index contributed by atoms with van der Waals surface area (Å²) < 4.78 is 10.6. The molecule has 0 bridgehead atoms. The molecule has 2 unspecified atom stereocenters. The van der Waals surface area contributed by atoms with Crippen molar-refractivity contribution in [1.82, 2.24) is 5.32 Å². The van der Waals surface area contributed by atoms with Crippen molar-refractivity contribution >= 4 is 23.5 Å². The third-order valence-electron chi connectivity index (χ3n) is 4.81. The van der Waals surface area contributed by atoms with Crippen LogP contribution in [0, 0.1) is 5.41 Å². The van der Waals surface area contributed by atoms with Crippen molar-refractivity contribution in [3.8, 4) is 0 Å². The lowest BCUT2D eigenvalue weighted by Gasteiger charge is -2.50. The van der Waals surface area contributed by atoms with Crippen LogP contribution in [-0.4, -0.2) is 59.5 Å². The number of Topliss-reactive ketones (excluding diaryl/α,β-unsaturated/α-hetero) is 1. The molecule has 8 nitrogen and oxygen atoms in total. The molecule has 0 aromatic rings. The first-order valence-corrected chi connectivity index (χ1v) is 9.16. The minimum absolute atomic E-state index is 0.0176. The largest absolute Gasteiger partial charge is 0.481 e. The van der Waals surface area contributed by atoms with E-state index >= 15 is 0 Å². The minimum atomic E-state index is -1.63. The van der Waals surface area contributed by atoms with Gasteiger partial charge in [-0.15, -0.1) is 0 Å². The van der Waals surface area contributed by atoms with Crippen molar-refractivity contribution in [1.29, 1.82) is 0 Å². The maximum atomic E-state index is 13.1. The van der Waals surface area contributed by atoms with Crippen LogP contribution in [0.1, 0.15) is 54.4 Å². The van der Waals surface area contributed by atoms with Gasteiger partial charge in [0.1, 0.15) is 17.2 Å². The third kappa shape index (κ3) is 5.05. The summed E-state index contributed by atoms with van der Waals surface area (Å²) in [5.74, 6) is -2.43. The van der Waals surface area contributed by atoms with Gasteiger partial charge >= 0.3 is 11.9 Å². The fourth-order valence-electron chi connectivity index (χ4n) is 3.58. The first-order chi connectivity index (χ1) is 12.7. The summed E-state index contributed by atoms with van der Waals surface area (Å²) in [6.07, 6.45) is -0.430. The maximum absolute atomic E-state index is 13.1. The molecule has 28 heavy (non-hydrogen) atoms. The molecule has 0 aromatic heterocycles. The summed E-state index contributed by atoms with van der Waals surface area (Å²) in [4.78, 5) is 49.3. The Balaban J connectivity index is 3.26. The van der Waals surface area contributed by atoms with E-state index in [-0.39, 0.29) is 25.0 Å². The number of carbonyl (C=O) groups is 4. The quantitative estimate of drug-likeness (QED) is 0.594. The van der Waals surface area contributed by atoms with Crippen LogP contribution in [0.3, 0.4) is 0 Å². The van der Waals surface area contributed by atoms with Crippen LogP contribution < -0.4 is 5.32 Å². The van der Waals surface area contributed by atoms with Gasteiger partial charge in [-0.05, 0) is 39.3 Å². The van der Waals surface area contributed by atoms with Crippen molar-refractivity contribution in [3.05, 3.63) is 11.6 Å². The van der Waals surface area contributed by atoms with Crippen molar-refractivity contribution in [2.45, 2.75) is 71.6 Å². The number of aliphatic carboxylic acids is 1. The standard InChI is InChI=1S/C20H31NO7/c1-12-10-13(22)20(17(27-7)16(12)26,19(5,6)11-14(23)24)21-9-8-15(25)28-18(2,3)4/h10,17,21H,8-9,11H2,1-7H3,(H,23,24). The van der Waals surface area contributed by atoms with E-state index in [4.69, 9.17) is 9.47 Å². The molecular formula is C20H31NO7. The number of hydrogen-bond donors (Lipinski definition) is 2. The average Bonchev–Trinajstić information content (AvgIpc) is 2.49. The second-order valence-electron chi connectivity index (χ2n) is 8.70. The fourth-order valence-corrected chi connectivity index (χ4v) is 3.58. The highest BCUT2D eigenvalue weighted by Gasteiger charge is 2.60. The Bertz CT molecular complexity index is 687. The summed E-state index contributed by atoms with van der Waals surface area (Å²) in [6.45, 7) is 9.94. The number of rotatable bonds is 8. The molecule has 0 radical (unpaired) electrons. The highest BCUT2D eigenvalue weighted by atomic mass is 16.6.